The van der Waals surface area contributed by atoms with Gasteiger partial charge in [-0.2, -0.15) is 22.7 Å². The molecule has 0 bridgehead atoms. The van der Waals surface area contributed by atoms with Gasteiger partial charge in [-0.25, -0.2) is 0 Å². The molecule has 2 heterocycles. The second-order valence-electron chi connectivity index (χ2n) is 12.4. The highest BCUT2D eigenvalue weighted by Crippen LogP contribution is 2.43. The Morgan fingerprint density at radius 3 is 1.19 bits per heavy atom. The summed E-state index contributed by atoms with van der Waals surface area (Å²) in [5.74, 6) is 0. The second kappa shape index (κ2) is 7.66. The van der Waals surface area contributed by atoms with E-state index in [0.29, 0.717) is 10.1 Å². The van der Waals surface area contributed by atoms with Crippen molar-refractivity contribution in [3.63, 3.8) is 0 Å². The Balaban J connectivity index is 1.94. The van der Waals surface area contributed by atoms with Crippen molar-refractivity contribution in [3.8, 4) is 11.1 Å². The lowest BCUT2D eigenvalue weighted by Gasteiger charge is -2.36. The molecule has 0 aliphatic carbocycles. The van der Waals surface area contributed by atoms with Gasteiger partial charge in [-0.15, -0.1) is 0 Å². The van der Waals surface area contributed by atoms with Crippen LogP contribution in [0.4, 0.5) is 0 Å². The molecule has 0 amide bonds. The summed E-state index contributed by atoms with van der Waals surface area (Å²) >= 11 is 3.99. The first kappa shape index (κ1) is 23.9. The molecule has 0 aliphatic heterocycles. The number of hydrogen-bond donors (Lipinski definition) is 0. The second-order valence-corrected chi connectivity index (χ2v) is 25.4. The van der Waals surface area contributed by atoms with Gasteiger partial charge in [0.2, 0.25) is 0 Å². The number of thiophene rings is 2. The summed E-state index contributed by atoms with van der Waals surface area (Å²) in [5.41, 5.74) is 2.79. The van der Waals surface area contributed by atoms with Crippen LogP contribution in [-0.2, 0) is 0 Å². The number of benzene rings is 2. The molecule has 170 valence electrons. The molecule has 4 heteroatoms. The summed E-state index contributed by atoms with van der Waals surface area (Å²) < 4.78 is 3.28. The minimum absolute atomic E-state index is 0.340. The Labute approximate surface area is 204 Å². The first-order valence-corrected chi connectivity index (χ1v) is 19.5. The van der Waals surface area contributed by atoms with Gasteiger partial charge in [0.25, 0.3) is 0 Å². The SMILES string of the molecule is CC(C)(C)[Si](C)(C)c1scc2c(-c3cccc4c([Si](C)(C)C(C)(C)C)scc34)cccc12. The maximum atomic E-state index is 2.54. The Hall–Kier alpha value is -1.21. The average molecular weight is 495 g/mol. The summed E-state index contributed by atoms with van der Waals surface area (Å²) in [7, 11) is -3.17. The highest BCUT2D eigenvalue weighted by atomic mass is 32.1. The molecule has 0 atom stereocenters. The summed E-state index contributed by atoms with van der Waals surface area (Å²) in [6.07, 6.45) is 0. The van der Waals surface area contributed by atoms with Gasteiger partial charge >= 0.3 is 0 Å². The van der Waals surface area contributed by atoms with Gasteiger partial charge in [-0.05, 0) is 51.7 Å². The van der Waals surface area contributed by atoms with E-state index >= 15 is 0 Å². The van der Waals surface area contributed by atoms with Crippen LogP contribution in [-0.4, -0.2) is 16.1 Å². The van der Waals surface area contributed by atoms with Crippen LogP contribution in [0.1, 0.15) is 41.5 Å². The zero-order valence-corrected chi connectivity index (χ0v) is 25.1. The molecule has 0 N–H and O–H groups in total. The van der Waals surface area contributed by atoms with Crippen LogP contribution in [0, 0.1) is 0 Å². The normalized spacial score (nSPS) is 13.9. The van der Waals surface area contributed by atoms with E-state index in [2.05, 4.69) is 115 Å². The van der Waals surface area contributed by atoms with Crippen molar-refractivity contribution in [1.29, 1.82) is 0 Å². The summed E-state index contributed by atoms with van der Waals surface area (Å²) in [4.78, 5) is 0. The Morgan fingerprint density at radius 2 is 0.875 bits per heavy atom. The molecular formula is C28H38S2Si2. The average Bonchev–Trinajstić information content (AvgIpc) is 3.30. The van der Waals surface area contributed by atoms with Gasteiger partial charge in [0.1, 0.15) is 0 Å². The van der Waals surface area contributed by atoms with Crippen LogP contribution in [0.2, 0.25) is 36.3 Å². The zero-order valence-electron chi connectivity index (χ0n) is 21.4. The van der Waals surface area contributed by atoms with Crippen LogP contribution in [0.5, 0.6) is 0 Å². The van der Waals surface area contributed by atoms with E-state index in [9.17, 15) is 0 Å². The van der Waals surface area contributed by atoms with Crippen molar-refractivity contribution in [2.24, 2.45) is 0 Å². The molecule has 0 spiro atoms. The van der Waals surface area contributed by atoms with E-state index in [4.69, 9.17) is 0 Å². The maximum absolute atomic E-state index is 2.54. The topological polar surface area (TPSA) is 0 Å². The van der Waals surface area contributed by atoms with Crippen LogP contribution >= 0.6 is 22.7 Å². The van der Waals surface area contributed by atoms with Gasteiger partial charge in [-0.1, -0.05) is 104 Å². The molecule has 0 fully saturated rings. The minimum atomic E-state index is -1.59. The van der Waals surface area contributed by atoms with Gasteiger partial charge in [0, 0.05) is 10.8 Å². The van der Waals surface area contributed by atoms with E-state index in [1.165, 1.54) is 32.7 Å². The highest BCUT2D eigenvalue weighted by Gasteiger charge is 2.40. The Morgan fingerprint density at radius 1 is 0.531 bits per heavy atom. The molecule has 0 radical (unpaired) electrons. The number of fused-ring (bicyclic) bond motifs is 2. The monoisotopic (exact) mass is 494 g/mol. The fraction of sp³-hybridized carbons (Fsp3) is 0.429. The summed E-state index contributed by atoms with van der Waals surface area (Å²) in [6, 6.07) is 14.0. The molecular weight excluding hydrogens is 457 g/mol. The largest absolute Gasteiger partial charge is 0.152 e. The first-order valence-electron chi connectivity index (χ1n) is 11.7. The molecule has 0 nitrogen and oxygen atoms in total. The van der Waals surface area contributed by atoms with E-state index in [1.807, 2.05) is 22.7 Å². The quantitative estimate of drug-likeness (QED) is 0.249. The highest BCUT2D eigenvalue weighted by molar-refractivity contribution is 7.28. The number of hydrogen-bond acceptors (Lipinski definition) is 2. The van der Waals surface area contributed by atoms with E-state index in [0.717, 1.165) is 0 Å². The van der Waals surface area contributed by atoms with Crippen LogP contribution < -0.4 is 9.00 Å². The standard InChI is InChI=1S/C28H38S2Si2/c1-27(2,3)31(7,8)25-21-15-11-13-19(23(21)17-29-25)20-14-12-16-22-24(20)18-30-26(22)32(9,10)28(4,5)6/h11-18H,1-10H3. The lowest BCUT2D eigenvalue weighted by atomic mass is 9.98. The molecule has 32 heavy (non-hydrogen) atoms. The third-order valence-corrected chi connectivity index (χ3v) is 24.2. The summed E-state index contributed by atoms with van der Waals surface area (Å²) in [5, 5.41) is 11.4. The maximum Gasteiger partial charge on any atom is 0.0995 e. The fourth-order valence-electron chi connectivity index (χ4n) is 4.26. The fourth-order valence-corrected chi connectivity index (χ4v) is 13.5. The minimum Gasteiger partial charge on any atom is -0.152 e. The molecule has 2 aromatic heterocycles. The van der Waals surface area contributed by atoms with Crippen LogP contribution in [0.15, 0.2) is 47.2 Å². The molecule has 0 aliphatic rings. The smallest absolute Gasteiger partial charge is 0.0995 e. The van der Waals surface area contributed by atoms with Crippen molar-refractivity contribution in [1.82, 2.24) is 0 Å². The Kier molecular flexibility index (Phi) is 5.73. The lowest BCUT2D eigenvalue weighted by molar-refractivity contribution is 0.730. The van der Waals surface area contributed by atoms with Gasteiger partial charge in [-0.3, -0.25) is 0 Å². The summed E-state index contributed by atoms with van der Waals surface area (Å²) in [6.45, 7) is 24.7. The molecule has 0 saturated heterocycles. The van der Waals surface area contributed by atoms with Gasteiger partial charge in [0.05, 0.1) is 16.1 Å². The van der Waals surface area contributed by atoms with Gasteiger partial charge < -0.3 is 0 Å². The van der Waals surface area contributed by atoms with Crippen molar-refractivity contribution >= 4 is 69.4 Å². The molecule has 4 aromatic rings. The van der Waals surface area contributed by atoms with Crippen molar-refractivity contribution < 1.29 is 0 Å². The van der Waals surface area contributed by atoms with Gasteiger partial charge in [0.15, 0.2) is 0 Å². The molecule has 4 rings (SSSR count). The third kappa shape index (κ3) is 3.58. The van der Waals surface area contributed by atoms with E-state index < -0.39 is 16.1 Å². The van der Waals surface area contributed by atoms with Crippen LogP contribution in [0.3, 0.4) is 0 Å². The molecule has 0 saturated carbocycles. The third-order valence-electron chi connectivity index (χ3n) is 8.47. The zero-order chi connectivity index (χ0) is 23.7. The lowest BCUT2D eigenvalue weighted by Crippen LogP contribution is -2.48. The predicted molar refractivity (Wildman–Crippen MR) is 156 cm³/mol. The van der Waals surface area contributed by atoms with E-state index in [1.54, 1.807) is 9.00 Å². The van der Waals surface area contributed by atoms with Crippen molar-refractivity contribution in [2.45, 2.75) is 77.8 Å². The Bertz CT molecular complexity index is 1190. The van der Waals surface area contributed by atoms with Crippen molar-refractivity contribution in [2.75, 3.05) is 0 Å². The van der Waals surface area contributed by atoms with Crippen molar-refractivity contribution in [3.05, 3.63) is 47.2 Å². The molecule has 2 aromatic carbocycles. The van der Waals surface area contributed by atoms with Crippen LogP contribution in [0.25, 0.3) is 32.7 Å². The van der Waals surface area contributed by atoms with E-state index in [-0.39, 0.29) is 0 Å². The molecule has 0 unspecified atom stereocenters. The predicted octanol–water partition coefficient (Wildman–Crippen LogP) is 9.21. The first-order chi connectivity index (χ1) is 14.7. The number of rotatable bonds is 3.